The van der Waals surface area contributed by atoms with Gasteiger partial charge in [0.1, 0.15) is 0 Å². The number of H-pyrrole nitrogens is 1. The number of hydrogen-bond donors (Lipinski definition) is 2. The minimum Gasteiger partial charge on any atom is -0.359 e. The number of carbonyl (C=O) groups excluding carboxylic acids is 1. The second-order valence-electron chi connectivity index (χ2n) is 2.59. The maximum absolute atomic E-state index is 12.3. The normalized spacial score (nSPS) is 10.6. The highest BCUT2D eigenvalue weighted by molar-refractivity contribution is 5.74. The van der Waals surface area contributed by atoms with Gasteiger partial charge in [0.05, 0.1) is 11.3 Å². The second kappa shape index (κ2) is 4.10. The molecule has 0 radical (unpaired) electrons. The molecule has 3 N–H and O–H groups in total. The SMILES string of the molecule is NCc1c(C(F)F)[nH]cc(C=O)c1=O. The lowest BCUT2D eigenvalue weighted by molar-refractivity contribution is 0.112. The van der Waals surface area contributed by atoms with Gasteiger partial charge in [0, 0.05) is 18.3 Å². The van der Waals surface area contributed by atoms with E-state index in [2.05, 4.69) is 4.98 Å². The Morgan fingerprint density at radius 3 is 2.64 bits per heavy atom. The molecule has 1 aromatic rings. The van der Waals surface area contributed by atoms with Gasteiger partial charge in [-0.15, -0.1) is 0 Å². The van der Waals surface area contributed by atoms with Crippen molar-refractivity contribution < 1.29 is 13.6 Å². The Hall–Kier alpha value is -1.56. The Bertz CT molecular complexity index is 401. The maximum atomic E-state index is 12.3. The van der Waals surface area contributed by atoms with E-state index in [0.29, 0.717) is 6.29 Å². The molecule has 6 heteroatoms. The van der Waals surface area contributed by atoms with Gasteiger partial charge in [-0.25, -0.2) is 8.78 Å². The molecular formula is C8H8F2N2O2. The molecular weight excluding hydrogens is 194 g/mol. The number of aromatic nitrogens is 1. The van der Waals surface area contributed by atoms with Crippen molar-refractivity contribution in [2.45, 2.75) is 13.0 Å². The quantitative estimate of drug-likeness (QED) is 0.704. The van der Waals surface area contributed by atoms with Gasteiger partial charge in [-0.05, 0) is 0 Å². The first-order chi connectivity index (χ1) is 6.61. The minimum atomic E-state index is -2.80. The fourth-order valence-corrected chi connectivity index (χ4v) is 1.09. The summed E-state index contributed by atoms with van der Waals surface area (Å²) in [6.07, 6.45) is -1.55. The van der Waals surface area contributed by atoms with Gasteiger partial charge in [-0.3, -0.25) is 9.59 Å². The maximum Gasteiger partial charge on any atom is 0.278 e. The van der Waals surface area contributed by atoms with Crippen molar-refractivity contribution >= 4 is 6.29 Å². The third-order valence-electron chi connectivity index (χ3n) is 1.79. The summed E-state index contributed by atoms with van der Waals surface area (Å²) in [5, 5.41) is 0. The lowest BCUT2D eigenvalue weighted by Crippen LogP contribution is -2.21. The van der Waals surface area contributed by atoms with E-state index in [1.54, 1.807) is 0 Å². The summed E-state index contributed by atoms with van der Waals surface area (Å²) in [5.74, 6) is 0. The number of carbonyl (C=O) groups is 1. The minimum absolute atomic E-state index is 0.199. The number of nitrogens with one attached hydrogen (secondary N) is 1. The molecule has 76 valence electrons. The average Bonchev–Trinajstić information content (AvgIpc) is 2.17. The zero-order valence-electron chi connectivity index (χ0n) is 7.09. The van der Waals surface area contributed by atoms with Crippen molar-refractivity contribution in [3.8, 4) is 0 Å². The molecule has 4 nitrogen and oxygen atoms in total. The van der Waals surface area contributed by atoms with Crippen LogP contribution in [-0.4, -0.2) is 11.3 Å². The van der Waals surface area contributed by atoms with E-state index in [1.165, 1.54) is 0 Å². The van der Waals surface area contributed by atoms with Crippen LogP contribution in [0.3, 0.4) is 0 Å². The molecule has 1 rings (SSSR count). The summed E-state index contributed by atoms with van der Waals surface area (Å²) in [7, 11) is 0. The smallest absolute Gasteiger partial charge is 0.278 e. The predicted molar refractivity (Wildman–Crippen MR) is 45.3 cm³/mol. The standard InChI is InChI=1S/C8H8F2N2O2/c9-8(10)6-5(1-11)7(14)4(3-13)2-12-6/h2-3,8H,1,11H2,(H,12,14). The zero-order valence-corrected chi connectivity index (χ0v) is 7.09. The molecule has 0 unspecified atom stereocenters. The van der Waals surface area contributed by atoms with E-state index >= 15 is 0 Å². The number of aldehydes is 1. The molecule has 0 atom stereocenters. The molecule has 0 bridgehead atoms. The number of hydrogen-bond acceptors (Lipinski definition) is 3. The van der Waals surface area contributed by atoms with E-state index in [4.69, 9.17) is 5.73 Å². The number of rotatable bonds is 3. The number of aromatic amines is 1. The summed E-state index contributed by atoms with van der Waals surface area (Å²) in [6.45, 7) is -0.323. The molecule has 0 aliphatic rings. The second-order valence-corrected chi connectivity index (χ2v) is 2.59. The Kier molecular flexibility index (Phi) is 3.08. The summed E-state index contributed by atoms with van der Waals surface area (Å²) < 4.78 is 24.6. The highest BCUT2D eigenvalue weighted by Crippen LogP contribution is 2.17. The van der Waals surface area contributed by atoms with Crippen LogP contribution in [0.25, 0.3) is 0 Å². The lowest BCUT2D eigenvalue weighted by Gasteiger charge is -2.06. The van der Waals surface area contributed by atoms with Crippen LogP contribution >= 0.6 is 0 Å². The number of pyridine rings is 1. The molecule has 0 spiro atoms. The van der Waals surface area contributed by atoms with Gasteiger partial charge in [-0.2, -0.15) is 0 Å². The average molecular weight is 202 g/mol. The van der Waals surface area contributed by atoms with Crippen LogP contribution in [0.1, 0.15) is 28.0 Å². The van der Waals surface area contributed by atoms with Gasteiger partial charge >= 0.3 is 0 Å². The fourth-order valence-electron chi connectivity index (χ4n) is 1.09. The molecule has 1 heterocycles. The van der Waals surface area contributed by atoms with E-state index in [1.807, 2.05) is 0 Å². The Labute approximate surface area is 77.7 Å². The third kappa shape index (κ3) is 1.69. The highest BCUT2D eigenvalue weighted by Gasteiger charge is 2.16. The largest absolute Gasteiger partial charge is 0.359 e. The van der Waals surface area contributed by atoms with Crippen LogP contribution in [-0.2, 0) is 6.54 Å². The molecule has 0 aromatic carbocycles. The van der Waals surface area contributed by atoms with Crippen LogP contribution < -0.4 is 11.2 Å². The Morgan fingerprint density at radius 2 is 2.21 bits per heavy atom. The van der Waals surface area contributed by atoms with Gasteiger partial charge in [0.2, 0.25) is 0 Å². The van der Waals surface area contributed by atoms with Gasteiger partial charge in [-0.1, -0.05) is 0 Å². The molecule has 0 amide bonds. The van der Waals surface area contributed by atoms with Crippen molar-refractivity contribution in [2.75, 3.05) is 0 Å². The van der Waals surface area contributed by atoms with Gasteiger partial charge in [0.25, 0.3) is 6.43 Å². The first-order valence-corrected chi connectivity index (χ1v) is 3.79. The lowest BCUT2D eigenvalue weighted by atomic mass is 10.1. The van der Waals surface area contributed by atoms with Crippen molar-refractivity contribution in [1.29, 1.82) is 0 Å². The van der Waals surface area contributed by atoms with Crippen molar-refractivity contribution in [2.24, 2.45) is 5.73 Å². The predicted octanol–water partition coefficient (Wildman–Crippen LogP) is 0.584. The summed E-state index contributed by atoms with van der Waals surface area (Å²) in [6, 6.07) is 0. The molecule has 0 saturated heterocycles. The van der Waals surface area contributed by atoms with Crippen LogP contribution in [0.2, 0.25) is 0 Å². The van der Waals surface area contributed by atoms with Crippen LogP contribution in [0.15, 0.2) is 11.0 Å². The highest BCUT2D eigenvalue weighted by atomic mass is 19.3. The fraction of sp³-hybridized carbons (Fsp3) is 0.250. The molecule has 0 saturated carbocycles. The molecule has 0 aliphatic heterocycles. The first-order valence-electron chi connectivity index (χ1n) is 3.79. The molecule has 0 aliphatic carbocycles. The van der Waals surface area contributed by atoms with E-state index in [-0.39, 0.29) is 17.7 Å². The molecule has 1 aromatic heterocycles. The topological polar surface area (TPSA) is 76.0 Å². The third-order valence-corrected chi connectivity index (χ3v) is 1.79. The van der Waals surface area contributed by atoms with Gasteiger partial charge in [0.15, 0.2) is 11.7 Å². The van der Waals surface area contributed by atoms with Gasteiger partial charge < -0.3 is 10.7 Å². The summed E-state index contributed by atoms with van der Waals surface area (Å²) in [4.78, 5) is 23.8. The van der Waals surface area contributed by atoms with E-state index < -0.39 is 17.5 Å². The van der Waals surface area contributed by atoms with Crippen LogP contribution in [0.4, 0.5) is 8.78 Å². The monoisotopic (exact) mass is 202 g/mol. The van der Waals surface area contributed by atoms with Crippen molar-refractivity contribution in [3.05, 3.63) is 33.2 Å². The number of halogens is 2. The summed E-state index contributed by atoms with van der Waals surface area (Å²) in [5.41, 5.74) is 3.43. The van der Waals surface area contributed by atoms with E-state index in [0.717, 1.165) is 6.20 Å². The Balaban J connectivity index is 3.43. The zero-order chi connectivity index (χ0) is 10.7. The number of nitrogens with two attached hydrogens (primary N) is 1. The summed E-state index contributed by atoms with van der Waals surface area (Å²) >= 11 is 0. The molecule has 14 heavy (non-hydrogen) atoms. The van der Waals surface area contributed by atoms with Crippen LogP contribution in [0, 0.1) is 0 Å². The number of alkyl halides is 2. The first kappa shape index (κ1) is 10.5. The van der Waals surface area contributed by atoms with Crippen LogP contribution in [0.5, 0.6) is 0 Å². The van der Waals surface area contributed by atoms with Crippen molar-refractivity contribution in [1.82, 2.24) is 4.98 Å². The van der Waals surface area contributed by atoms with Crippen molar-refractivity contribution in [3.63, 3.8) is 0 Å². The molecule has 0 fully saturated rings. The van der Waals surface area contributed by atoms with E-state index in [9.17, 15) is 18.4 Å². The Morgan fingerprint density at radius 1 is 1.57 bits per heavy atom.